The molecule has 1 aromatic carbocycles. The Hall–Kier alpha value is -0.780. The van der Waals surface area contributed by atoms with E-state index >= 15 is 0 Å². The molecule has 1 rings (SSSR count). The molecule has 0 aliphatic rings. The Morgan fingerprint density at radius 1 is 1.15 bits per heavy atom. The van der Waals surface area contributed by atoms with Crippen molar-refractivity contribution in [3.63, 3.8) is 0 Å². The van der Waals surface area contributed by atoms with Crippen LogP contribution in [0.5, 0.6) is 5.75 Å². The molecule has 0 saturated carbocycles. The Kier molecular flexibility index (Phi) is 6.30. The molecule has 6 heteroatoms. The SMILES string of the molecule is CC(C)OCCOc1ccc(S(=O)(=O)Cl)cc1C(C)C. The van der Waals surface area contributed by atoms with Gasteiger partial charge in [-0.1, -0.05) is 13.8 Å². The number of ether oxygens (including phenoxy) is 2. The molecule has 20 heavy (non-hydrogen) atoms. The van der Waals surface area contributed by atoms with Crippen LogP contribution in [0.3, 0.4) is 0 Å². The van der Waals surface area contributed by atoms with Gasteiger partial charge in [-0.2, -0.15) is 0 Å². The molecule has 0 heterocycles. The van der Waals surface area contributed by atoms with E-state index in [9.17, 15) is 8.42 Å². The zero-order chi connectivity index (χ0) is 15.3. The summed E-state index contributed by atoms with van der Waals surface area (Å²) in [6.45, 7) is 8.77. The minimum absolute atomic E-state index is 0.0913. The number of benzene rings is 1. The van der Waals surface area contributed by atoms with Crippen molar-refractivity contribution in [3.05, 3.63) is 23.8 Å². The summed E-state index contributed by atoms with van der Waals surface area (Å²) in [6.07, 6.45) is 0.159. The van der Waals surface area contributed by atoms with Crippen molar-refractivity contribution in [2.24, 2.45) is 0 Å². The van der Waals surface area contributed by atoms with Gasteiger partial charge >= 0.3 is 0 Å². The van der Waals surface area contributed by atoms with Gasteiger partial charge in [-0.05, 0) is 43.5 Å². The molecule has 0 saturated heterocycles. The average molecular weight is 321 g/mol. The number of hydrogen-bond acceptors (Lipinski definition) is 4. The van der Waals surface area contributed by atoms with Crippen molar-refractivity contribution in [2.45, 2.75) is 44.6 Å². The lowest BCUT2D eigenvalue weighted by atomic mass is 10.0. The molecule has 0 atom stereocenters. The molecule has 0 aliphatic heterocycles. The summed E-state index contributed by atoms with van der Waals surface area (Å²) in [5, 5.41) is 0. The molecule has 0 aromatic heterocycles. The molecule has 0 radical (unpaired) electrons. The molecule has 0 fully saturated rings. The Balaban J connectivity index is 2.86. The maximum atomic E-state index is 11.4. The van der Waals surface area contributed by atoms with Crippen molar-refractivity contribution in [2.75, 3.05) is 13.2 Å². The lowest BCUT2D eigenvalue weighted by molar-refractivity contribution is 0.0550. The normalized spacial score (nSPS) is 12.2. The Labute approximate surface area is 125 Å². The molecule has 0 amide bonds. The van der Waals surface area contributed by atoms with Gasteiger partial charge in [0.05, 0.1) is 17.6 Å². The summed E-state index contributed by atoms with van der Waals surface area (Å²) in [5.41, 5.74) is 0.816. The highest BCUT2D eigenvalue weighted by atomic mass is 35.7. The van der Waals surface area contributed by atoms with Crippen LogP contribution >= 0.6 is 10.7 Å². The van der Waals surface area contributed by atoms with E-state index in [1.807, 2.05) is 27.7 Å². The minimum atomic E-state index is -3.72. The standard InChI is InChI=1S/C14H21ClO4S/c1-10(2)13-9-12(20(15,16)17)5-6-14(13)19-8-7-18-11(3)4/h5-6,9-11H,7-8H2,1-4H3. The summed E-state index contributed by atoms with van der Waals surface area (Å²) in [6, 6.07) is 4.65. The van der Waals surface area contributed by atoms with Crippen molar-refractivity contribution >= 4 is 19.7 Å². The van der Waals surface area contributed by atoms with Gasteiger partial charge in [0.1, 0.15) is 12.4 Å². The highest BCUT2D eigenvalue weighted by molar-refractivity contribution is 8.13. The van der Waals surface area contributed by atoms with E-state index in [-0.39, 0.29) is 16.9 Å². The predicted molar refractivity (Wildman–Crippen MR) is 80.2 cm³/mol. The summed E-state index contributed by atoms with van der Waals surface area (Å²) in [5.74, 6) is 0.797. The van der Waals surface area contributed by atoms with Gasteiger partial charge in [-0.15, -0.1) is 0 Å². The maximum absolute atomic E-state index is 11.4. The van der Waals surface area contributed by atoms with E-state index < -0.39 is 9.05 Å². The predicted octanol–water partition coefficient (Wildman–Crippen LogP) is 3.54. The van der Waals surface area contributed by atoms with Crippen molar-refractivity contribution < 1.29 is 17.9 Å². The first-order valence-electron chi connectivity index (χ1n) is 6.55. The highest BCUT2D eigenvalue weighted by Crippen LogP contribution is 2.30. The minimum Gasteiger partial charge on any atom is -0.491 e. The van der Waals surface area contributed by atoms with Gasteiger partial charge in [-0.25, -0.2) is 8.42 Å². The third-order valence-corrected chi connectivity index (χ3v) is 4.03. The van der Waals surface area contributed by atoms with E-state index in [4.69, 9.17) is 20.2 Å². The summed E-state index contributed by atoms with van der Waals surface area (Å²) in [7, 11) is 1.64. The molecule has 0 aliphatic carbocycles. The summed E-state index contributed by atoms with van der Waals surface area (Å²) >= 11 is 0. The molecule has 0 spiro atoms. The Bertz CT molecular complexity index is 538. The molecular formula is C14H21ClO4S. The van der Waals surface area contributed by atoms with Crippen LogP contribution in [0.4, 0.5) is 0 Å². The smallest absolute Gasteiger partial charge is 0.261 e. The first kappa shape index (κ1) is 17.3. The Morgan fingerprint density at radius 3 is 2.30 bits per heavy atom. The van der Waals surface area contributed by atoms with E-state index in [1.165, 1.54) is 6.07 Å². The first-order chi connectivity index (χ1) is 9.21. The van der Waals surface area contributed by atoms with Gasteiger partial charge < -0.3 is 9.47 Å². The molecule has 0 N–H and O–H groups in total. The molecule has 0 bridgehead atoms. The lowest BCUT2D eigenvalue weighted by Gasteiger charge is -2.15. The van der Waals surface area contributed by atoms with E-state index in [0.29, 0.717) is 19.0 Å². The molecule has 4 nitrogen and oxygen atoms in total. The summed E-state index contributed by atoms with van der Waals surface area (Å²) < 4.78 is 33.8. The van der Waals surface area contributed by atoms with Gasteiger partial charge in [-0.3, -0.25) is 0 Å². The molecule has 0 unspecified atom stereocenters. The van der Waals surface area contributed by atoms with Crippen LogP contribution in [0.25, 0.3) is 0 Å². The van der Waals surface area contributed by atoms with Crippen LogP contribution in [0.15, 0.2) is 23.1 Å². The second-order valence-electron chi connectivity index (χ2n) is 5.06. The van der Waals surface area contributed by atoms with Crippen LogP contribution in [-0.4, -0.2) is 27.7 Å². The van der Waals surface area contributed by atoms with Crippen molar-refractivity contribution in [1.29, 1.82) is 0 Å². The third-order valence-electron chi connectivity index (χ3n) is 2.68. The fraction of sp³-hybridized carbons (Fsp3) is 0.571. The zero-order valence-corrected chi connectivity index (χ0v) is 13.8. The fourth-order valence-electron chi connectivity index (χ4n) is 1.70. The molecule has 114 valence electrons. The van der Waals surface area contributed by atoms with E-state index in [0.717, 1.165) is 5.56 Å². The molecular weight excluding hydrogens is 300 g/mol. The van der Waals surface area contributed by atoms with Crippen LogP contribution in [-0.2, 0) is 13.8 Å². The maximum Gasteiger partial charge on any atom is 0.261 e. The van der Waals surface area contributed by atoms with Crippen LogP contribution in [0.1, 0.15) is 39.2 Å². The second-order valence-corrected chi connectivity index (χ2v) is 7.63. The van der Waals surface area contributed by atoms with Gasteiger partial charge in [0.15, 0.2) is 0 Å². The van der Waals surface area contributed by atoms with Gasteiger partial charge in [0.25, 0.3) is 9.05 Å². The monoisotopic (exact) mass is 320 g/mol. The van der Waals surface area contributed by atoms with Crippen LogP contribution in [0, 0.1) is 0 Å². The number of halogens is 1. The number of rotatable bonds is 7. The number of hydrogen-bond donors (Lipinski definition) is 0. The lowest BCUT2D eigenvalue weighted by Crippen LogP contribution is -2.12. The summed E-state index contributed by atoms with van der Waals surface area (Å²) in [4.78, 5) is 0.0913. The van der Waals surface area contributed by atoms with Crippen LogP contribution in [0.2, 0.25) is 0 Å². The van der Waals surface area contributed by atoms with Crippen LogP contribution < -0.4 is 4.74 Å². The largest absolute Gasteiger partial charge is 0.491 e. The highest BCUT2D eigenvalue weighted by Gasteiger charge is 2.15. The van der Waals surface area contributed by atoms with E-state index in [2.05, 4.69) is 0 Å². The van der Waals surface area contributed by atoms with Gasteiger partial charge in [0.2, 0.25) is 0 Å². The van der Waals surface area contributed by atoms with Crippen molar-refractivity contribution in [1.82, 2.24) is 0 Å². The zero-order valence-electron chi connectivity index (χ0n) is 12.2. The Morgan fingerprint density at radius 2 is 1.80 bits per heavy atom. The third kappa shape index (κ3) is 5.31. The van der Waals surface area contributed by atoms with E-state index in [1.54, 1.807) is 12.1 Å². The molecule has 1 aromatic rings. The topological polar surface area (TPSA) is 52.6 Å². The van der Waals surface area contributed by atoms with Gasteiger partial charge in [0, 0.05) is 10.7 Å². The van der Waals surface area contributed by atoms with Crippen molar-refractivity contribution in [3.8, 4) is 5.75 Å². The fourth-order valence-corrected chi connectivity index (χ4v) is 2.48. The second kappa shape index (κ2) is 7.29. The quantitative estimate of drug-likeness (QED) is 0.569. The first-order valence-corrected chi connectivity index (χ1v) is 8.85. The average Bonchev–Trinajstić information content (AvgIpc) is 2.33.